The third-order valence-corrected chi connectivity index (χ3v) is 6.59. The van der Waals surface area contributed by atoms with E-state index in [4.69, 9.17) is 11.6 Å². The van der Waals surface area contributed by atoms with Crippen LogP contribution in [0.5, 0.6) is 0 Å². The van der Waals surface area contributed by atoms with Crippen LogP contribution in [-0.4, -0.2) is 38.8 Å². The quantitative estimate of drug-likeness (QED) is 0.556. The van der Waals surface area contributed by atoms with Gasteiger partial charge in [-0.15, -0.1) is 11.3 Å². The molecule has 1 aromatic carbocycles. The minimum absolute atomic E-state index is 0.0926. The highest BCUT2D eigenvalue weighted by atomic mass is 35.5. The van der Waals surface area contributed by atoms with Crippen LogP contribution >= 0.6 is 22.9 Å². The van der Waals surface area contributed by atoms with Crippen LogP contribution in [-0.2, 0) is 0 Å². The van der Waals surface area contributed by atoms with E-state index in [1.54, 1.807) is 36.8 Å². The fraction of sp³-hybridized carbons (Fsp3) is 0.250. The zero-order valence-electron chi connectivity index (χ0n) is 14.9. The van der Waals surface area contributed by atoms with Crippen LogP contribution in [0.15, 0.2) is 47.7 Å². The van der Waals surface area contributed by atoms with Crippen molar-refractivity contribution < 1.29 is 5.11 Å². The van der Waals surface area contributed by atoms with Gasteiger partial charge in [0.1, 0.15) is 21.4 Å². The SMILES string of the molecule is O=c1c2sc3nccc(N4CCC[C@H]4CO)c3c2ncn1-c1ccc(Cl)cc1. The maximum absolute atomic E-state index is 13.2. The second-order valence-electron chi connectivity index (χ2n) is 6.86. The van der Waals surface area contributed by atoms with Gasteiger partial charge in [-0.1, -0.05) is 11.6 Å². The Hall–Kier alpha value is -2.48. The van der Waals surface area contributed by atoms with Crippen molar-refractivity contribution >= 4 is 49.1 Å². The zero-order chi connectivity index (χ0) is 19.3. The molecule has 0 bridgehead atoms. The number of pyridine rings is 1. The number of halogens is 1. The fourth-order valence-corrected chi connectivity index (χ4v) is 5.08. The van der Waals surface area contributed by atoms with Crippen LogP contribution in [0.25, 0.3) is 26.1 Å². The lowest BCUT2D eigenvalue weighted by atomic mass is 10.2. The second-order valence-corrected chi connectivity index (χ2v) is 8.29. The van der Waals surface area contributed by atoms with Crippen molar-refractivity contribution in [1.82, 2.24) is 14.5 Å². The number of fused-ring (bicyclic) bond motifs is 3. The molecule has 0 radical (unpaired) electrons. The van der Waals surface area contributed by atoms with Crippen molar-refractivity contribution in [3.63, 3.8) is 0 Å². The molecule has 1 fully saturated rings. The van der Waals surface area contributed by atoms with Crippen LogP contribution < -0.4 is 10.5 Å². The van der Waals surface area contributed by atoms with Gasteiger partial charge in [0.25, 0.3) is 5.56 Å². The topological polar surface area (TPSA) is 71.2 Å². The van der Waals surface area contributed by atoms with Crippen molar-refractivity contribution in [1.29, 1.82) is 0 Å². The highest BCUT2D eigenvalue weighted by molar-refractivity contribution is 7.25. The fourth-order valence-electron chi connectivity index (χ4n) is 3.90. The monoisotopic (exact) mass is 412 g/mol. The summed E-state index contributed by atoms with van der Waals surface area (Å²) < 4.78 is 2.10. The van der Waals surface area contributed by atoms with Crippen molar-refractivity contribution in [3.05, 3.63) is 58.2 Å². The molecule has 1 aliphatic rings. The van der Waals surface area contributed by atoms with E-state index in [0.717, 1.165) is 35.3 Å². The van der Waals surface area contributed by atoms with Crippen molar-refractivity contribution in [2.75, 3.05) is 18.1 Å². The summed E-state index contributed by atoms with van der Waals surface area (Å²) in [6.07, 6.45) is 5.31. The Morgan fingerprint density at radius 3 is 2.82 bits per heavy atom. The number of aliphatic hydroxyl groups is 1. The highest BCUT2D eigenvalue weighted by Crippen LogP contribution is 2.38. The van der Waals surface area contributed by atoms with Crippen LogP contribution in [0, 0.1) is 0 Å². The van der Waals surface area contributed by atoms with E-state index < -0.39 is 0 Å². The van der Waals surface area contributed by atoms with Gasteiger partial charge < -0.3 is 10.0 Å². The lowest BCUT2D eigenvalue weighted by Gasteiger charge is -2.25. The van der Waals surface area contributed by atoms with E-state index in [1.807, 2.05) is 6.07 Å². The Morgan fingerprint density at radius 2 is 2.04 bits per heavy atom. The van der Waals surface area contributed by atoms with Gasteiger partial charge in [-0.2, -0.15) is 0 Å². The molecule has 6 nitrogen and oxygen atoms in total. The van der Waals surface area contributed by atoms with Gasteiger partial charge >= 0.3 is 0 Å². The molecule has 28 heavy (non-hydrogen) atoms. The first-order chi connectivity index (χ1) is 13.7. The molecule has 0 aliphatic carbocycles. The second kappa shape index (κ2) is 6.84. The molecule has 5 rings (SSSR count). The molecular weight excluding hydrogens is 396 g/mol. The minimum atomic E-state index is -0.124. The third-order valence-electron chi connectivity index (χ3n) is 5.26. The number of thiophene rings is 1. The van der Waals surface area contributed by atoms with Gasteiger partial charge in [-0.05, 0) is 43.2 Å². The summed E-state index contributed by atoms with van der Waals surface area (Å²) in [5, 5.41) is 11.2. The molecule has 8 heteroatoms. The zero-order valence-corrected chi connectivity index (χ0v) is 16.5. The van der Waals surface area contributed by atoms with E-state index in [0.29, 0.717) is 20.9 Å². The first kappa shape index (κ1) is 17.6. The predicted octanol–water partition coefficient (Wildman–Crippen LogP) is 3.61. The molecule has 1 aliphatic heterocycles. The van der Waals surface area contributed by atoms with Crippen LogP contribution in [0.4, 0.5) is 5.69 Å². The Morgan fingerprint density at radius 1 is 1.21 bits per heavy atom. The summed E-state index contributed by atoms with van der Waals surface area (Å²) in [4.78, 5) is 25.3. The highest BCUT2D eigenvalue weighted by Gasteiger charge is 2.27. The number of hydrogen-bond acceptors (Lipinski definition) is 6. The molecule has 4 aromatic rings. The maximum atomic E-state index is 13.2. The average molecular weight is 413 g/mol. The predicted molar refractivity (Wildman–Crippen MR) is 113 cm³/mol. The summed E-state index contributed by atoms with van der Waals surface area (Å²) in [5.41, 5.74) is 2.25. The number of aromatic nitrogens is 3. The lowest BCUT2D eigenvalue weighted by Crippen LogP contribution is -2.32. The Labute approximate surface area is 169 Å². The Kier molecular flexibility index (Phi) is 4.30. The third kappa shape index (κ3) is 2.70. The maximum Gasteiger partial charge on any atom is 0.275 e. The van der Waals surface area contributed by atoms with E-state index in [-0.39, 0.29) is 18.2 Å². The van der Waals surface area contributed by atoms with Gasteiger partial charge in [-0.25, -0.2) is 9.97 Å². The van der Waals surface area contributed by atoms with Crippen LogP contribution in [0.3, 0.4) is 0 Å². The summed E-state index contributed by atoms with van der Waals surface area (Å²) in [7, 11) is 0. The summed E-state index contributed by atoms with van der Waals surface area (Å²) in [5.74, 6) is 0. The molecule has 0 spiro atoms. The largest absolute Gasteiger partial charge is 0.394 e. The lowest BCUT2D eigenvalue weighted by molar-refractivity contribution is 0.266. The molecule has 3 aromatic heterocycles. The van der Waals surface area contributed by atoms with Gasteiger partial charge in [0.05, 0.1) is 29.4 Å². The number of aliphatic hydroxyl groups excluding tert-OH is 1. The molecule has 0 unspecified atom stereocenters. The molecule has 0 saturated carbocycles. The average Bonchev–Trinajstić information content (AvgIpc) is 3.34. The van der Waals surface area contributed by atoms with Crippen molar-refractivity contribution in [3.8, 4) is 5.69 Å². The van der Waals surface area contributed by atoms with E-state index in [9.17, 15) is 9.90 Å². The van der Waals surface area contributed by atoms with E-state index in [1.165, 1.54) is 15.9 Å². The molecule has 142 valence electrons. The molecule has 1 atom stereocenters. The molecule has 0 amide bonds. The standard InChI is InChI=1S/C20H17ClN4O2S/c21-12-3-5-13(6-4-12)25-11-23-17-16-15(24-9-1-2-14(24)10-26)7-8-22-19(16)28-18(17)20(25)27/h3-8,11,14,26H,1-2,9-10H2/t14-/m0/s1. The number of nitrogens with zero attached hydrogens (tertiary/aromatic N) is 4. The Balaban J connectivity index is 1.73. The van der Waals surface area contributed by atoms with Gasteiger partial charge in [0.15, 0.2) is 0 Å². The van der Waals surface area contributed by atoms with Crippen LogP contribution in [0.2, 0.25) is 5.02 Å². The number of hydrogen-bond donors (Lipinski definition) is 1. The molecule has 1 N–H and O–H groups in total. The molecule has 4 heterocycles. The van der Waals surface area contributed by atoms with Crippen molar-refractivity contribution in [2.45, 2.75) is 18.9 Å². The summed E-state index contributed by atoms with van der Waals surface area (Å²) >= 11 is 7.32. The summed E-state index contributed by atoms with van der Waals surface area (Å²) in [6, 6.07) is 9.14. The van der Waals surface area contributed by atoms with E-state index in [2.05, 4.69) is 14.9 Å². The Bertz CT molecular complexity index is 1230. The normalized spacial score (nSPS) is 17.1. The van der Waals surface area contributed by atoms with Crippen molar-refractivity contribution in [2.24, 2.45) is 0 Å². The van der Waals surface area contributed by atoms with E-state index >= 15 is 0 Å². The number of benzene rings is 1. The first-order valence-corrected chi connectivity index (χ1v) is 10.3. The number of rotatable bonds is 3. The molecular formula is C20H17ClN4O2S. The summed E-state index contributed by atoms with van der Waals surface area (Å²) in [6.45, 7) is 0.992. The smallest absolute Gasteiger partial charge is 0.275 e. The van der Waals surface area contributed by atoms with Crippen LogP contribution in [0.1, 0.15) is 12.8 Å². The first-order valence-electron chi connectivity index (χ1n) is 9.09. The number of anilines is 1. The minimum Gasteiger partial charge on any atom is -0.394 e. The van der Waals surface area contributed by atoms with Gasteiger partial charge in [-0.3, -0.25) is 9.36 Å². The van der Waals surface area contributed by atoms with Gasteiger partial charge in [0.2, 0.25) is 0 Å². The molecule has 1 saturated heterocycles. The van der Waals surface area contributed by atoms with Gasteiger partial charge in [0, 0.05) is 17.8 Å².